The summed E-state index contributed by atoms with van der Waals surface area (Å²) in [5.74, 6) is 0.779. The van der Waals surface area contributed by atoms with Gasteiger partial charge >= 0.3 is 0 Å². The van der Waals surface area contributed by atoms with Gasteiger partial charge in [0, 0.05) is 6.54 Å². The van der Waals surface area contributed by atoms with E-state index in [4.69, 9.17) is 0 Å². The van der Waals surface area contributed by atoms with Crippen molar-refractivity contribution in [2.45, 2.75) is 19.8 Å². The van der Waals surface area contributed by atoms with Gasteiger partial charge in [-0.2, -0.15) is 0 Å². The molecule has 0 N–H and O–H groups in total. The summed E-state index contributed by atoms with van der Waals surface area (Å²) in [4.78, 5) is 12.5. The van der Waals surface area contributed by atoms with Crippen molar-refractivity contribution in [3.63, 3.8) is 0 Å². The molecule has 1 rings (SSSR count). The van der Waals surface area contributed by atoms with E-state index in [9.17, 15) is 4.79 Å². The van der Waals surface area contributed by atoms with E-state index in [1.54, 1.807) is 6.08 Å². The van der Waals surface area contributed by atoms with Crippen molar-refractivity contribution in [3.8, 4) is 0 Å². The lowest BCUT2D eigenvalue weighted by Gasteiger charge is -2.11. The molecular weight excluding hydrogens is 150 g/mol. The molecule has 0 radical (unpaired) electrons. The van der Waals surface area contributed by atoms with Gasteiger partial charge in [-0.3, -0.25) is 4.79 Å². The average molecular weight is 167 g/mol. The monoisotopic (exact) mass is 167 g/mol. The molecule has 1 saturated heterocycles. The quantitative estimate of drug-likeness (QED) is 0.467. The summed E-state index contributed by atoms with van der Waals surface area (Å²) in [5, 5.41) is 0. The Bertz CT molecular complexity index is 165. The molecule has 1 heterocycles. The van der Waals surface area contributed by atoms with Gasteiger partial charge in [0.25, 0.3) is 0 Å². The van der Waals surface area contributed by atoms with Gasteiger partial charge in [0.15, 0.2) is 0 Å². The van der Waals surface area contributed by atoms with Crippen LogP contribution in [0.15, 0.2) is 12.2 Å². The second-order valence-electron chi connectivity index (χ2n) is 3.35. The molecule has 0 aromatic heterocycles. The summed E-state index contributed by atoms with van der Waals surface area (Å²) in [7, 11) is 0. The average Bonchev–Trinajstić information content (AvgIpc) is 2.53. The van der Waals surface area contributed by atoms with E-state index in [2.05, 4.69) is 11.8 Å². The van der Waals surface area contributed by atoms with Gasteiger partial charge in [0.2, 0.25) is 0 Å². The van der Waals surface area contributed by atoms with Crippen molar-refractivity contribution in [2.24, 2.45) is 5.92 Å². The first-order valence-electron chi connectivity index (χ1n) is 4.69. The van der Waals surface area contributed by atoms with Crippen LogP contribution in [0.4, 0.5) is 0 Å². The molecule has 1 fully saturated rings. The number of aldehydes is 1. The summed E-state index contributed by atoms with van der Waals surface area (Å²) in [6, 6.07) is 0. The Morgan fingerprint density at radius 2 is 2.42 bits per heavy atom. The number of nitrogens with zero attached hydrogens (tertiary/aromatic N) is 1. The SMILES string of the molecule is CCN1CCC(C/C=C\C=O)C1. The van der Waals surface area contributed by atoms with Gasteiger partial charge in [-0.15, -0.1) is 0 Å². The Kier molecular flexibility index (Phi) is 4.01. The summed E-state index contributed by atoms with van der Waals surface area (Å²) in [6.45, 7) is 5.80. The van der Waals surface area contributed by atoms with Crippen molar-refractivity contribution >= 4 is 6.29 Å². The Morgan fingerprint density at radius 3 is 3.00 bits per heavy atom. The standard InChI is InChI=1S/C10H17NO/c1-2-11-7-6-10(9-11)5-3-4-8-12/h3-4,8,10H,2,5-7,9H2,1H3/b4-3-. The van der Waals surface area contributed by atoms with Gasteiger partial charge < -0.3 is 4.90 Å². The molecule has 68 valence electrons. The molecule has 12 heavy (non-hydrogen) atoms. The Balaban J connectivity index is 2.18. The molecule has 1 atom stereocenters. The van der Waals surface area contributed by atoms with Crippen LogP contribution in [0.25, 0.3) is 0 Å². The van der Waals surface area contributed by atoms with Crippen molar-refractivity contribution in [3.05, 3.63) is 12.2 Å². The van der Waals surface area contributed by atoms with Gasteiger partial charge in [-0.05, 0) is 37.9 Å². The molecule has 0 bridgehead atoms. The third kappa shape index (κ3) is 2.78. The van der Waals surface area contributed by atoms with Crippen molar-refractivity contribution < 1.29 is 4.79 Å². The lowest BCUT2D eigenvalue weighted by molar-refractivity contribution is -0.104. The molecule has 0 aromatic carbocycles. The Hall–Kier alpha value is -0.630. The van der Waals surface area contributed by atoms with Crippen LogP contribution in [0.2, 0.25) is 0 Å². The van der Waals surface area contributed by atoms with Gasteiger partial charge in [0.1, 0.15) is 6.29 Å². The highest BCUT2D eigenvalue weighted by Crippen LogP contribution is 2.19. The van der Waals surface area contributed by atoms with Crippen LogP contribution in [0.1, 0.15) is 19.8 Å². The first-order valence-corrected chi connectivity index (χ1v) is 4.69. The number of likely N-dealkylation sites (tertiary alicyclic amines) is 1. The minimum absolute atomic E-state index is 0.779. The van der Waals surface area contributed by atoms with Crippen LogP contribution in [-0.4, -0.2) is 30.8 Å². The molecule has 2 nitrogen and oxygen atoms in total. The highest BCUT2D eigenvalue weighted by atomic mass is 16.1. The summed E-state index contributed by atoms with van der Waals surface area (Å²) in [6.07, 6.45) is 6.80. The minimum Gasteiger partial charge on any atom is -0.303 e. The van der Waals surface area contributed by atoms with Crippen molar-refractivity contribution in [2.75, 3.05) is 19.6 Å². The van der Waals surface area contributed by atoms with Crippen LogP contribution in [0.5, 0.6) is 0 Å². The first-order chi connectivity index (χ1) is 5.86. The minimum atomic E-state index is 0.779. The van der Waals surface area contributed by atoms with Crippen LogP contribution in [0, 0.1) is 5.92 Å². The van der Waals surface area contributed by atoms with E-state index >= 15 is 0 Å². The van der Waals surface area contributed by atoms with Crippen LogP contribution in [-0.2, 0) is 4.79 Å². The highest BCUT2D eigenvalue weighted by Gasteiger charge is 2.19. The lowest BCUT2D eigenvalue weighted by Crippen LogP contribution is -2.19. The molecule has 1 aliphatic heterocycles. The molecule has 0 spiro atoms. The fourth-order valence-corrected chi connectivity index (χ4v) is 1.72. The zero-order chi connectivity index (χ0) is 8.81. The van der Waals surface area contributed by atoms with E-state index in [0.29, 0.717) is 0 Å². The van der Waals surface area contributed by atoms with Crippen LogP contribution < -0.4 is 0 Å². The zero-order valence-electron chi connectivity index (χ0n) is 7.70. The number of carbonyl (C=O) groups excluding carboxylic acids is 1. The number of hydrogen-bond acceptors (Lipinski definition) is 2. The van der Waals surface area contributed by atoms with Crippen molar-refractivity contribution in [1.29, 1.82) is 0 Å². The number of hydrogen-bond donors (Lipinski definition) is 0. The van der Waals surface area contributed by atoms with E-state index in [-0.39, 0.29) is 0 Å². The van der Waals surface area contributed by atoms with Crippen LogP contribution in [0.3, 0.4) is 0 Å². The number of rotatable bonds is 4. The molecule has 1 unspecified atom stereocenters. The fourth-order valence-electron chi connectivity index (χ4n) is 1.72. The third-order valence-corrected chi connectivity index (χ3v) is 2.50. The summed E-state index contributed by atoms with van der Waals surface area (Å²) in [5.41, 5.74) is 0. The zero-order valence-corrected chi connectivity index (χ0v) is 7.70. The molecule has 0 aromatic rings. The van der Waals surface area contributed by atoms with Crippen LogP contribution >= 0.6 is 0 Å². The van der Waals surface area contributed by atoms with Gasteiger partial charge in [-0.1, -0.05) is 13.0 Å². The number of carbonyl (C=O) groups is 1. The predicted molar refractivity (Wildman–Crippen MR) is 50.0 cm³/mol. The van der Waals surface area contributed by atoms with E-state index in [1.807, 2.05) is 6.08 Å². The smallest absolute Gasteiger partial charge is 0.142 e. The van der Waals surface area contributed by atoms with E-state index in [1.165, 1.54) is 19.5 Å². The number of allylic oxidation sites excluding steroid dienone is 2. The normalized spacial score (nSPS) is 25.2. The topological polar surface area (TPSA) is 20.3 Å². The molecular formula is C10H17NO. The maximum absolute atomic E-state index is 10.0. The lowest BCUT2D eigenvalue weighted by atomic mass is 10.1. The molecule has 2 heteroatoms. The molecule has 0 amide bonds. The van der Waals surface area contributed by atoms with E-state index < -0.39 is 0 Å². The first kappa shape index (κ1) is 9.46. The highest BCUT2D eigenvalue weighted by molar-refractivity contribution is 5.64. The predicted octanol–water partition coefficient (Wildman–Crippen LogP) is 1.47. The summed E-state index contributed by atoms with van der Waals surface area (Å²) < 4.78 is 0. The second kappa shape index (κ2) is 5.09. The van der Waals surface area contributed by atoms with Gasteiger partial charge in [0.05, 0.1) is 0 Å². The van der Waals surface area contributed by atoms with Crippen molar-refractivity contribution in [1.82, 2.24) is 4.90 Å². The maximum atomic E-state index is 10.0. The molecule has 1 aliphatic rings. The fraction of sp³-hybridized carbons (Fsp3) is 0.700. The Morgan fingerprint density at radius 1 is 1.58 bits per heavy atom. The maximum Gasteiger partial charge on any atom is 0.142 e. The largest absolute Gasteiger partial charge is 0.303 e. The molecule has 0 saturated carbocycles. The third-order valence-electron chi connectivity index (χ3n) is 2.50. The van der Waals surface area contributed by atoms with Gasteiger partial charge in [-0.25, -0.2) is 0 Å². The Labute approximate surface area is 74.2 Å². The molecule has 0 aliphatic carbocycles. The van der Waals surface area contributed by atoms with E-state index in [0.717, 1.165) is 25.2 Å². The summed E-state index contributed by atoms with van der Waals surface area (Å²) >= 11 is 0. The second-order valence-corrected chi connectivity index (χ2v) is 3.35.